The fourth-order valence-corrected chi connectivity index (χ4v) is 4.01. The molecule has 1 aliphatic heterocycles. The van der Waals surface area contributed by atoms with E-state index in [1.807, 2.05) is 25.4 Å². The monoisotopic (exact) mass is 387 g/mol. The number of hydrogen-bond donors (Lipinski definition) is 1. The van der Waals surface area contributed by atoms with Gasteiger partial charge in [0.2, 0.25) is 0 Å². The van der Waals surface area contributed by atoms with Crippen molar-refractivity contribution < 1.29 is 9.53 Å². The number of ether oxygens (including phenoxy) is 1. The first-order valence-electron chi connectivity index (χ1n) is 8.32. The van der Waals surface area contributed by atoms with Crippen LogP contribution in [0.15, 0.2) is 35.0 Å². The Labute approximate surface area is 160 Å². The molecule has 1 unspecified atom stereocenters. The highest BCUT2D eigenvalue weighted by atomic mass is 35.5. The molecular formula is C19H18ClN3O2S. The van der Waals surface area contributed by atoms with Gasteiger partial charge in [0.25, 0.3) is 5.91 Å². The highest BCUT2D eigenvalue weighted by molar-refractivity contribution is 7.08. The molecular weight excluding hydrogens is 370 g/mol. The fraction of sp³-hybridized carbons (Fsp3) is 0.263. The zero-order chi connectivity index (χ0) is 18.3. The Morgan fingerprint density at radius 2 is 2.27 bits per heavy atom. The molecule has 3 aromatic rings. The minimum absolute atomic E-state index is 0.131. The Kier molecular flexibility index (Phi) is 4.46. The van der Waals surface area contributed by atoms with Crippen molar-refractivity contribution in [2.45, 2.75) is 19.4 Å². The van der Waals surface area contributed by atoms with Crippen LogP contribution in [0.3, 0.4) is 0 Å². The lowest BCUT2D eigenvalue weighted by atomic mass is 10.0. The summed E-state index contributed by atoms with van der Waals surface area (Å²) in [5.74, 6) is 0.525. The molecule has 1 N–H and O–H groups in total. The first-order chi connectivity index (χ1) is 12.5. The smallest absolute Gasteiger partial charge is 0.271 e. The van der Waals surface area contributed by atoms with Crippen molar-refractivity contribution in [2.24, 2.45) is 7.05 Å². The van der Waals surface area contributed by atoms with Gasteiger partial charge in [0.15, 0.2) is 0 Å². The number of aryl methyl sites for hydroxylation is 2. The van der Waals surface area contributed by atoms with E-state index in [2.05, 4.69) is 27.9 Å². The highest BCUT2D eigenvalue weighted by Gasteiger charge is 2.27. The molecule has 1 amide bonds. The Bertz CT molecular complexity index is 946. The van der Waals surface area contributed by atoms with E-state index < -0.39 is 0 Å². The summed E-state index contributed by atoms with van der Waals surface area (Å²) in [6.45, 7) is 2.32. The molecule has 4 rings (SSSR count). The maximum atomic E-state index is 12.2. The van der Waals surface area contributed by atoms with Gasteiger partial charge in [-0.3, -0.25) is 9.48 Å². The zero-order valence-electron chi connectivity index (χ0n) is 14.5. The largest absolute Gasteiger partial charge is 0.486 e. The average molecular weight is 388 g/mol. The molecule has 2 aromatic heterocycles. The van der Waals surface area contributed by atoms with Gasteiger partial charge in [0, 0.05) is 24.7 Å². The van der Waals surface area contributed by atoms with E-state index in [-0.39, 0.29) is 12.0 Å². The summed E-state index contributed by atoms with van der Waals surface area (Å²) in [5, 5.41) is 11.8. The molecule has 5 nitrogen and oxygen atoms in total. The summed E-state index contributed by atoms with van der Waals surface area (Å²) in [6.07, 6.45) is 0.586. The van der Waals surface area contributed by atoms with Gasteiger partial charge in [0.1, 0.15) is 17.5 Å². The van der Waals surface area contributed by atoms with E-state index in [0.29, 0.717) is 23.7 Å². The summed E-state index contributed by atoms with van der Waals surface area (Å²) in [5.41, 5.74) is 4.67. The molecule has 3 heterocycles. The second-order valence-electron chi connectivity index (χ2n) is 6.41. The van der Waals surface area contributed by atoms with Crippen LogP contribution in [-0.2, 0) is 13.5 Å². The normalized spacial score (nSPS) is 15.6. The highest BCUT2D eigenvalue weighted by Crippen LogP contribution is 2.39. The molecule has 26 heavy (non-hydrogen) atoms. The van der Waals surface area contributed by atoms with E-state index in [1.165, 1.54) is 0 Å². The molecule has 134 valence electrons. The maximum Gasteiger partial charge on any atom is 0.271 e. The van der Waals surface area contributed by atoms with E-state index in [4.69, 9.17) is 16.3 Å². The number of nitrogens with one attached hydrogen (secondary N) is 1. The van der Waals surface area contributed by atoms with Gasteiger partial charge in [-0.1, -0.05) is 11.6 Å². The molecule has 0 radical (unpaired) electrons. The Morgan fingerprint density at radius 1 is 1.42 bits per heavy atom. The number of amides is 1. The molecule has 0 bridgehead atoms. The number of rotatable bonds is 4. The zero-order valence-corrected chi connectivity index (χ0v) is 16.0. The lowest BCUT2D eigenvalue weighted by Crippen LogP contribution is -2.34. The fourth-order valence-electron chi connectivity index (χ4n) is 3.07. The van der Waals surface area contributed by atoms with Crippen LogP contribution in [0, 0.1) is 6.92 Å². The SMILES string of the molecule is Cc1cc(C(=O)NCC2Cc3cc(-c4ccsc4)cc(Cl)c3O2)nn1C. The molecule has 0 aliphatic carbocycles. The van der Waals surface area contributed by atoms with E-state index in [1.54, 1.807) is 22.1 Å². The number of thiophene rings is 1. The van der Waals surface area contributed by atoms with Crippen molar-refractivity contribution in [2.75, 3.05) is 6.54 Å². The van der Waals surface area contributed by atoms with Gasteiger partial charge in [0.05, 0.1) is 11.6 Å². The van der Waals surface area contributed by atoms with Crippen molar-refractivity contribution in [1.29, 1.82) is 0 Å². The minimum Gasteiger partial charge on any atom is -0.486 e. The predicted molar refractivity (Wildman–Crippen MR) is 103 cm³/mol. The third-order valence-electron chi connectivity index (χ3n) is 4.54. The number of benzene rings is 1. The van der Waals surface area contributed by atoms with Gasteiger partial charge < -0.3 is 10.1 Å². The van der Waals surface area contributed by atoms with Gasteiger partial charge in [-0.15, -0.1) is 0 Å². The van der Waals surface area contributed by atoms with Gasteiger partial charge in [-0.25, -0.2) is 0 Å². The molecule has 7 heteroatoms. The van der Waals surface area contributed by atoms with Gasteiger partial charge in [-0.2, -0.15) is 16.4 Å². The molecule has 0 fully saturated rings. The van der Waals surface area contributed by atoms with Crippen molar-refractivity contribution >= 4 is 28.8 Å². The minimum atomic E-state index is -0.196. The van der Waals surface area contributed by atoms with Crippen LogP contribution in [0.2, 0.25) is 5.02 Å². The number of carbonyl (C=O) groups is 1. The number of aromatic nitrogens is 2. The third kappa shape index (κ3) is 3.22. The summed E-state index contributed by atoms with van der Waals surface area (Å²) in [7, 11) is 1.82. The van der Waals surface area contributed by atoms with E-state index >= 15 is 0 Å². The van der Waals surface area contributed by atoms with E-state index in [0.717, 1.165) is 28.1 Å². The number of fused-ring (bicyclic) bond motifs is 1. The number of halogens is 1. The lowest BCUT2D eigenvalue weighted by Gasteiger charge is -2.11. The summed E-state index contributed by atoms with van der Waals surface area (Å²) in [4.78, 5) is 12.2. The van der Waals surface area contributed by atoms with Crippen molar-refractivity contribution in [1.82, 2.24) is 15.1 Å². The van der Waals surface area contributed by atoms with Gasteiger partial charge >= 0.3 is 0 Å². The van der Waals surface area contributed by atoms with Crippen LogP contribution < -0.4 is 10.1 Å². The second-order valence-corrected chi connectivity index (χ2v) is 7.59. The van der Waals surface area contributed by atoms with Crippen LogP contribution >= 0.6 is 22.9 Å². The van der Waals surface area contributed by atoms with Crippen LogP contribution in [0.5, 0.6) is 5.75 Å². The molecule has 0 spiro atoms. The molecule has 1 atom stereocenters. The first-order valence-corrected chi connectivity index (χ1v) is 9.64. The predicted octanol–water partition coefficient (Wildman–Crippen LogP) is 3.84. The lowest BCUT2D eigenvalue weighted by molar-refractivity contribution is 0.0928. The standard InChI is InChI=1S/C19H18ClN3O2S/c1-11-5-17(22-23(11)2)19(24)21-9-15-7-14-6-13(12-3-4-26-10-12)8-16(20)18(14)25-15/h3-6,8,10,15H,7,9H2,1-2H3,(H,21,24). The third-order valence-corrected chi connectivity index (χ3v) is 5.51. The number of carbonyl (C=O) groups excluding carboxylic acids is 1. The van der Waals surface area contributed by atoms with Crippen LogP contribution in [0.25, 0.3) is 11.1 Å². The topological polar surface area (TPSA) is 56.1 Å². The second kappa shape index (κ2) is 6.78. The summed E-state index contributed by atoms with van der Waals surface area (Å²) < 4.78 is 7.64. The van der Waals surface area contributed by atoms with Crippen molar-refractivity contribution in [3.05, 3.63) is 57.0 Å². The Hall–Kier alpha value is -2.31. The summed E-state index contributed by atoms with van der Waals surface area (Å²) in [6, 6.07) is 7.89. The summed E-state index contributed by atoms with van der Waals surface area (Å²) >= 11 is 8.07. The van der Waals surface area contributed by atoms with Crippen LogP contribution in [0.4, 0.5) is 0 Å². The van der Waals surface area contributed by atoms with Crippen LogP contribution in [0.1, 0.15) is 21.7 Å². The average Bonchev–Trinajstić information content (AvgIpc) is 3.33. The quantitative estimate of drug-likeness (QED) is 0.739. The van der Waals surface area contributed by atoms with Crippen molar-refractivity contribution in [3.8, 4) is 16.9 Å². The first kappa shape index (κ1) is 17.1. The van der Waals surface area contributed by atoms with Gasteiger partial charge in [-0.05, 0) is 53.1 Å². The van der Waals surface area contributed by atoms with Crippen molar-refractivity contribution in [3.63, 3.8) is 0 Å². The molecule has 0 saturated carbocycles. The Balaban J connectivity index is 1.44. The molecule has 0 saturated heterocycles. The maximum absolute atomic E-state index is 12.2. The molecule has 1 aromatic carbocycles. The van der Waals surface area contributed by atoms with Crippen LogP contribution in [-0.4, -0.2) is 28.3 Å². The number of nitrogens with zero attached hydrogens (tertiary/aromatic N) is 2. The Morgan fingerprint density at radius 3 is 2.96 bits per heavy atom. The van der Waals surface area contributed by atoms with E-state index in [9.17, 15) is 4.79 Å². The number of hydrogen-bond acceptors (Lipinski definition) is 4. The molecule has 1 aliphatic rings.